The maximum atomic E-state index is 11.5. The highest BCUT2D eigenvalue weighted by Crippen LogP contribution is 2.08. The van der Waals surface area contributed by atoms with Crippen molar-refractivity contribution in [3.8, 4) is 0 Å². The van der Waals surface area contributed by atoms with Gasteiger partial charge < -0.3 is 20.9 Å². The molecule has 94 valence electrons. The summed E-state index contributed by atoms with van der Waals surface area (Å²) in [5, 5.41) is 11.3. The second kappa shape index (κ2) is 5.81. The van der Waals surface area contributed by atoms with Gasteiger partial charge in [-0.3, -0.25) is 4.79 Å². The molecule has 0 aromatic rings. The molecule has 0 radical (unpaired) electrons. The Morgan fingerprint density at radius 2 is 1.94 bits per heavy atom. The van der Waals surface area contributed by atoms with Gasteiger partial charge in [-0.25, -0.2) is 4.79 Å². The third-order valence-corrected chi connectivity index (χ3v) is 1.60. The Kier molecular flexibility index (Phi) is 5.40. The SMILES string of the molecule is C[C@H](N)C(=O)N[C@@H](CO)C(=O)OC(C)(C)C. The van der Waals surface area contributed by atoms with Crippen LogP contribution in [-0.4, -0.2) is 41.3 Å². The highest BCUT2D eigenvalue weighted by molar-refractivity contribution is 5.87. The van der Waals surface area contributed by atoms with Crippen LogP contribution in [0.2, 0.25) is 0 Å². The molecule has 2 atom stereocenters. The van der Waals surface area contributed by atoms with Gasteiger partial charge in [0.15, 0.2) is 6.04 Å². The van der Waals surface area contributed by atoms with Crippen LogP contribution in [0.3, 0.4) is 0 Å². The van der Waals surface area contributed by atoms with Gasteiger partial charge in [-0.1, -0.05) is 0 Å². The van der Waals surface area contributed by atoms with E-state index in [0.29, 0.717) is 0 Å². The fourth-order valence-electron chi connectivity index (χ4n) is 0.855. The van der Waals surface area contributed by atoms with Gasteiger partial charge in [-0.2, -0.15) is 0 Å². The van der Waals surface area contributed by atoms with Crippen LogP contribution in [0.4, 0.5) is 0 Å². The second-order valence-electron chi connectivity index (χ2n) is 4.57. The van der Waals surface area contributed by atoms with Crippen molar-refractivity contribution >= 4 is 11.9 Å². The summed E-state index contributed by atoms with van der Waals surface area (Å²) in [6.45, 7) is 6.07. The van der Waals surface area contributed by atoms with Crippen LogP contribution in [0, 0.1) is 0 Å². The Hall–Kier alpha value is -1.14. The monoisotopic (exact) mass is 232 g/mol. The summed E-state index contributed by atoms with van der Waals surface area (Å²) >= 11 is 0. The minimum atomic E-state index is -1.07. The van der Waals surface area contributed by atoms with Gasteiger partial charge in [0.2, 0.25) is 5.91 Å². The Morgan fingerprint density at radius 3 is 2.25 bits per heavy atom. The van der Waals surface area contributed by atoms with Gasteiger partial charge in [-0.05, 0) is 27.7 Å². The van der Waals surface area contributed by atoms with E-state index >= 15 is 0 Å². The number of nitrogens with two attached hydrogens (primary N) is 1. The lowest BCUT2D eigenvalue weighted by molar-refractivity contribution is -0.159. The summed E-state index contributed by atoms with van der Waals surface area (Å²) in [5.74, 6) is -1.19. The largest absolute Gasteiger partial charge is 0.458 e. The lowest BCUT2D eigenvalue weighted by Gasteiger charge is -2.23. The molecule has 0 aromatic heterocycles. The normalized spacial score (nSPS) is 15.1. The van der Waals surface area contributed by atoms with E-state index in [1.807, 2.05) is 0 Å². The number of nitrogens with one attached hydrogen (secondary N) is 1. The number of rotatable bonds is 4. The van der Waals surface area contributed by atoms with E-state index in [0.717, 1.165) is 0 Å². The number of aliphatic hydroxyl groups is 1. The van der Waals surface area contributed by atoms with Crippen molar-refractivity contribution in [3.63, 3.8) is 0 Å². The first-order valence-electron chi connectivity index (χ1n) is 5.07. The molecule has 0 fully saturated rings. The van der Waals surface area contributed by atoms with E-state index in [1.54, 1.807) is 20.8 Å². The number of aliphatic hydroxyl groups excluding tert-OH is 1. The third kappa shape index (κ3) is 5.67. The number of carbonyl (C=O) groups excluding carboxylic acids is 2. The maximum Gasteiger partial charge on any atom is 0.331 e. The number of ether oxygens (including phenoxy) is 1. The summed E-state index contributed by atoms with van der Waals surface area (Å²) in [6.07, 6.45) is 0. The number of amides is 1. The molecule has 0 spiro atoms. The number of esters is 1. The number of hydrogen-bond acceptors (Lipinski definition) is 5. The molecule has 0 unspecified atom stereocenters. The first-order chi connectivity index (χ1) is 7.17. The quantitative estimate of drug-likeness (QED) is 0.548. The van der Waals surface area contributed by atoms with Crippen LogP contribution in [-0.2, 0) is 14.3 Å². The zero-order chi connectivity index (χ0) is 12.9. The van der Waals surface area contributed by atoms with Crippen LogP contribution in [0.5, 0.6) is 0 Å². The van der Waals surface area contributed by atoms with E-state index in [2.05, 4.69) is 5.32 Å². The Labute approximate surface area is 95.1 Å². The number of hydrogen-bond donors (Lipinski definition) is 3. The van der Waals surface area contributed by atoms with E-state index in [-0.39, 0.29) is 0 Å². The topological polar surface area (TPSA) is 102 Å². The van der Waals surface area contributed by atoms with Crippen molar-refractivity contribution in [1.82, 2.24) is 5.32 Å². The van der Waals surface area contributed by atoms with E-state index in [9.17, 15) is 9.59 Å². The Bertz CT molecular complexity index is 258. The molecular formula is C10H20N2O4. The van der Waals surface area contributed by atoms with Crippen LogP contribution < -0.4 is 11.1 Å². The number of carbonyl (C=O) groups is 2. The standard InChI is InChI=1S/C10H20N2O4/c1-6(11)8(14)12-7(5-13)9(15)16-10(2,3)4/h6-7,13H,5,11H2,1-4H3,(H,12,14)/t6-,7-/m0/s1. The molecule has 0 bridgehead atoms. The van der Waals surface area contributed by atoms with Gasteiger partial charge in [-0.15, -0.1) is 0 Å². The van der Waals surface area contributed by atoms with Crippen LogP contribution >= 0.6 is 0 Å². The first kappa shape index (κ1) is 14.9. The predicted molar refractivity (Wildman–Crippen MR) is 58.5 cm³/mol. The maximum absolute atomic E-state index is 11.5. The lowest BCUT2D eigenvalue weighted by atomic mass is 10.2. The lowest BCUT2D eigenvalue weighted by Crippen LogP contribution is -2.50. The molecule has 0 heterocycles. The van der Waals surface area contributed by atoms with Gasteiger partial charge in [0, 0.05) is 0 Å². The highest BCUT2D eigenvalue weighted by Gasteiger charge is 2.26. The van der Waals surface area contributed by atoms with E-state index in [1.165, 1.54) is 6.92 Å². The molecule has 0 saturated heterocycles. The minimum absolute atomic E-state index is 0.509. The molecule has 1 amide bonds. The molecule has 0 saturated carbocycles. The van der Waals surface area contributed by atoms with Crippen molar-refractivity contribution in [3.05, 3.63) is 0 Å². The molecule has 0 rings (SSSR count). The minimum Gasteiger partial charge on any atom is -0.458 e. The molecule has 0 aromatic carbocycles. The average molecular weight is 232 g/mol. The van der Waals surface area contributed by atoms with Crippen LogP contribution in [0.15, 0.2) is 0 Å². The summed E-state index contributed by atoms with van der Waals surface area (Å²) < 4.78 is 5.02. The zero-order valence-electron chi connectivity index (χ0n) is 10.1. The summed E-state index contributed by atoms with van der Waals surface area (Å²) in [6, 6.07) is -1.81. The van der Waals surface area contributed by atoms with Gasteiger partial charge in [0.1, 0.15) is 5.60 Å². The van der Waals surface area contributed by atoms with Crippen molar-refractivity contribution in [2.75, 3.05) is 6.61 Å². The third-order valence-electron chi connectivity index (χ3n) is 1.60. The van der Waals surface area contributed by atoms with E-state index in [4.69, 9.17) is 15.6 Å². The molecule has 6 nitrogen and oxygen atoms in total. The van der Waals surface area contributed by atoms with Crippen LogP contribution in [0.25, 0.3) is 0 Å². The fraction of sp³-hybridized carbons (Fsp3) is 0.800. The molecule has 6 heteroatoms. The van der Waals surface area contributed by atoms with Gasteiger partial charge in [0.25, 0.3) is 0 Å². The zero-order valence-corrected chi connectivity index (χ0v) is 10.1. The van der Waals surface area contributed by atoms with Crippen LogP contribution in [0.1, 0.15) is 27.7 Å². The average Bonchev–Trinajstić information content (AvgIpc) is 2.10. The van der Waals surface area contributed by atoms with Gasteiger partial charge >= 0.3 is 5.97 Å². The molecule has 0 aliphatic heterocycles. The smallest absolute Gasteiger partial charge is 0.331 e. The molecule has 0 aliphatic rings. The molecule has 0 aliphatic carbocycles. The van der Waals surface area contributed by atoms with Crippen molar-refractivity contribution in [1.29, 1.82) is 0 Å². The van der Waals surface area contributed by atoms with Gasteiger partial charge in [0.05, 0.1) is 12.6 Å². The summed E-state index contributed by atoms with van der Waals surface area (Å²) in [5.41, 5.74) is 4.66. The molecule has 16 heavy (non-hydrogen) atoms. The molecular weight excluding hydrogens is 212 g/mol. The van der Waals surface area contributed by atoms with E-state index < -0.39 is 36.2 Å². The highest BCUT2D eigenvalue weighted by atomic mass is 16.6. The van der Waals surface area contributed by atoms with Crippen molar-refractivity contribution in [2.24, 2.45) is 5.73 Å². The molecule has 4 N–H and O–H groups in total. The van der Waals surface area contributed by atoms with Crippen molar-refractivity contribution < 1.29 is 19.4 Å². The fourth-order valence-corrected chi connectivity index (χ4v) is 0.855. The Morgan fingerprint density at radius 1 is 1.44 bits per heavy atom. The second-order valence-corrected chi connectivity index (χ2v) is 4.57. The van der Waals surface area contributed by atoms with Crippen molar-refractivity contribution in [2.45, 2.75) is 45.4 Å². The summed E-state index contributed by atoms with van der Waals surface area (Å²) in [4.78, 5) is 22.7. The summed E-state index contributed by atoms with van der Waals surface area (Å²) in [7, 11) is 0. The predicted octanol–water partition coefficient (Wildman–Crippen LogP) is -0.848. The first-order valence-corrected chi connectivity index (χ1v) is 5.07. The Balaban J connectivity index is 4.39.